The standard InChI is InChI=1S/C16H31N3O2/c1-4-8-18-16(14-17)7-6-15(13-16)19(10-12-21-3)9-5-11-20-2/h15,18H,4-13H2,1-3H3. The van der Waals surface area contributed by atoms with Crippen molar-refractivity contribution in [3.8, 4) is 6.07 Å². The van der Waals surface area contributed by atoms with Gasteiger partial charge in [0.05, 0.1) is 12.7 Å². The van der Waals surface area contributed by atoms with Gasteiger partial charge in [0.15, 0.2) is 0 Å². The van der Waals surface area contributed by atoms with Crippen LogP contribution in [-0.2, 0) is 9.47 Å². The van der Waals surface area contributed by atoms with Crippen molar-refractivity contribution in [2.45, 2.75) is 50.6 Å². The van der Waals surface area contributed by atoms with Crippen LogP contribution in [0.5, 0.6) is 0 Å². The van der Waals surface area contributed by atoms with Crippen molar-refractivity contribution in [3.05, 3.63) is 0 Å². The van der Waals surface area contributed by atoms with E-state index in [-0.39, 0.29) is 5.54 Å². The number of nitrogens with zero attached hydrogens (tertiary/aromatic N) is 2. The van der Waals surface area contributed by atoms with Gasteiger partial charge in [-0.1, -0.05) is 6.92 Å². The summed E-state index contributed by atoms with van der Waals surface area (Å²) in [4.78, 5) is 2.47. The summed E-state index contributed by atoms with van der Waals surface area (Å²) < 4.78 is 10.4. The molecule has 2 unspecified atom stereocenters. The maximum Gasteiger partial charge on any atom is 0.108 e. The average Bonchev–Trinajstić information content (AvgIpc) is 2.94. The Kier molecular flexibility index (Phi) is 8.86. The lowest BCUT2D eigenvalue weighted by Crippen LogP contribution is -2.45. The Morgan fingerprint density at radius 1 is 1.29 bits per heavy atom. The first-order valence-corrected chi connectivity index (χ1v) is 8.09. The van der Waals surface area contributed by atoms with E-state index in [1.807, 2.05) is 0 Å². The molecule has 1 aliphatic rings. The van der Waals surface area contributed by atoms with Gasteiger partial charge < -0.3 is 9.47 Å². The number of hydrogen-bond donors (Lipinski definition) is 1. The molecule has 1 rings (SSSR count). The van der Waals surface area contributed by atoms with Crippen LogP contribution in [0.15, 0.2) is 0 Å². The second-order valence-electron chi connectivity index (χ2n) is 5.89. The van der Waals surface area contributed by atoms with Crippen LogP contribution in [0.3, 0.4) is 0 Å². The van der Waals surface area contributed by atoms with Crippen molar-refractivity contribution in [3.63, 3.8) is 0 Å². The fourth-order valence-corrected chi connectivity index (χ4v) is 3.09. The van der Waals surface area contributed by atoms with E-state index in [0.717, 1.165) is 65.0 Å². The Bertz CT molecular complexity index is 319. The van der Waals surface area contributed by atoms with Gasteiger partial charge in [0.1, 0.15) is 5.54 Å². The third-order valence-electron chi connectivity index (χ3n) is 4.31. The highest BCUT2D eigenvalue weighted by molar-refractivity contribution is 5.13. The Labute approximate surface area is 129 Å². The van der Waals surface area contributed by atoms with Gasteiger partial charge in [0.25, 0.3) is 0 Å². The molecule has 0 aromatic carbocycles. The lowest BCUT2D eigenvalue weighted by Gasteiger charge is -2.30. The third-order valence-corrected chi connectivity index (χ3v) is 4.31. The number of nitriles is 1. The van der Waals surface area contributed by atoms with Crippen molar-refractivity contribution in [2.24, 2.45) is 0 Å². The molecule has 5 nitrogen and oxygen atoms in total. The summed E-state index contributed by atoms with van der Waals surface area (Å²) in [7, 11) is 3.48. The SMILES string of the molecule is CCCNC1(C#N)CCC(N(CCCOC)CCOC)C1. The lowest BCUT2D eigenvalue weighted by atomic mass is 9.99. The van der Waals surface area contributed by atoms with E-state index in [2.05, 4.69) is 23.2 Å². The van der Waals surface area contributed by atoms with E-state index in [1.54, 1.807) is 14.2 Å². The largest absolute Gasteiger partial charge is 0.385 e. The number of nitrogens with one attached hydrogen (secondary N) is 1. The summed E-state index contributed by atoms with van der Waals surface area (Å²) in [5.74, 6) is 0. The summed E-state index contributed by atoms with van der Waals surface area (Å²) >= 11 is 0. The van der Waals surface area contributed by atoms with Crippen molar-refractivity contribution < 1.29 is 9.47 Å². The van der Waals surface area contributed by atoms with Crippen molar-refractivity contribution in [1.29, 1.82) is 5.26 Å². The second-order valence-corrected chi connectivity index (χ2v) is 5.89. The molecule has 1 N–H and O–H groups in total. The molecular weight excluding hydrogens is 266 g/mol. The number of ether oxygens (including phenoxy) is 2. The van der Waals surface area contributed by atoms with Crippen LogP contribution in [0, 0.1) is 11.3 Å². The van der Waals surface area contributed by atoms with Gasteiger partial charge in [-0.05, 0) is 38.6 Å². The fraction of sp³-hybridized carbons (Fsp3) is 0.938. The van der Waals surface area contributed by atoms with Gasteiger partial charge in [-0.25, -0.2) is 0 Å². The zero-order valence-corrected chi connectivity index (χ0v) is 13.9. The topological polar surface area (TPSA) is 57.5 Å². The Morgan fingerprint density at radius 2 is 2.05 bits per heavy atom. The third kappa shape index (κ3) is 5.91. The molecule has 0 amide bonds. The molecule has 1 saturated carbocycles. The van der Waals surface area contributed by atoms with Crippen molar-refractivity contribution in [1.82, 2.24) is 10.2 Å². The van der Waals surface area contributed by atoms with Gasteiger partial charge in [0.2, 0.25) is 0 Å². The normalized spacial score (nSPS) is 25.4. The molecule has 0 spiro atoms. The predicted molar refractivity (Wildman–Crippen MR) is 84.2 cm³/mol. The minimum Gasteiger partial charge on any atom is -0.385 e. The van der Waals surface area contributed by atoms with Crippen LogP contribution in [0.4, 0.5) is 0 Å². The van der Waals surface area contributed by atoms with Crippen LogP contribution < -0.4 is 5.32 Å². The number of methoxy groups -OCH3 is 2. The van der Waals surface area contributed by atoms with Crippen LogP contribution >= 0.6 is 0 Å². The lowest BCUT2D eigenvalue weighted by molar-refractivity contribution is 0.105. The molecule has 21 heavy (non-hydrogen) atoms. The van der Waals surface area contributed by atoms with E-state index in [0.29, 0.717) is 6.04 Å². The maximum atomic E-state index is 9.56. The molecule has 0 aliphatic heterocycles. The van der Waals surface area contributed by atoms with Crippen molar-refractivity contribution >= 4 is 0 Å². The molecule has 2 atom stereocenters. The first kappa shape index (κ1) is 18.4. The average molecular weight is 297 g/mol. The molecule has 0 aromatic heterocycles. The molecule has 0 saturated heterocycles. The summed E-state index contributed by atoms with van der Waals surface area (Å²) in [6, 6.07) is 3.00. The molecule has 5 heteroatoms. The minimum atomic E-state index is -0.326. The molecule has 0 aromatic rings. The summed E-state index contributed by atoms with van der Waals surface area (Å²) in [6.45, 7) is 6.53. The van der Waals surface area contributed by atoms with Gasteiger partial charge >= 0.3 is 0 Å². The Morgan fingerprint density at radius 3 is 2.67 bits per heavy atom. The second kappa shape index (κ2) is 10.1. The van der Waals surface area contributed by atoms with Crippen LogP contribution in [0.1, 0.15) is 39.0 Å². The number of hydrogen-bond acceptors (Lipinski definition) is 5. The van der Waals surface area contributed by atoms with E-state index in [1.165, 1.54) is 0 Å². The Balaban J connectivity index is 2.56. The van der Waals surface area contributed by atoms with Gasteiger partial charge in [-0.15, -0.1) is 0 Å². The van der Waals surface area contributed by atoms with Gasteiger partial charge in [-0.3, -0.25) is 10.2 Å². The molecular formula is C16H31N3O2. The maximum absolute atomic E-state index is 9.56. The molecule has 1 aliphatic carbocycles. The summed E-state index contributed by atoms with van der Waals surface area (Å²) in [6.07, 6.45) is 5.04. The minimum absolute atomic E-state index is 0.326. The van der Waals surface area contributed by atoms with E-state index in [4.69, 9.17) is 9.47 Å². The zero-order valence-electron chi connectivity index (χ0n) is 13.9. The molecule has 0 bridgehead atoms. The van der Waals surface area contributed by atoms with E-state index >= 15 is 0 Å². The van der Waals surface area contributed by atoms with Gasteiger partial charge in [-0.2, -0.15) is 5.26 Å². The first-order valence-electron chi connectivity index (χ1n) is 8.09. The molecule has 0 heterocycles. The summed E-state index contributed by atoms with van der Waals surface area (Å²) in [5.41, 5.74) is -0.326. The Hall–Kier alpha value is -0.670. The zero-order chi connectivity index (χ0) is 15.6. The first-order chi connectivity index (χ1) is 10.2. The van der Waals surface area contributed by atoms with E-state index in [9.17, 15) is 5.26 Å². The van der Waals surface area contributed by atoms with Crippen LogP contribution in [0.25, 0.3) is 0 Å². The predicted octanol–water partition coefficient (Wildman–Crippen LogP) is 1.79. The highest BCUT2D eigenvalue weighted by atomic mass is 16.5. The quantitative estimate of drug-likeness (QED) is 0.589. The fourth-order valence-electron chi connectivity index (χ4n) is 3.09. The molecule has 0 radical (unpaired) electrons. The molecule has 122 valence electrons. The van der Waals surface area contributed by atoms with Crippen molar-refractivity contribution in [2.75, 3.05) is 47.1 Å². The summed E-state index contributed by atoms with van der Waals surface area (Å²) in [5, 5.41) is 13.0. The smallest absolute Gasteiger partial charge is 0.108 e. The highest BCUT2D eigenvalue weighted by Crippen LogP contribution is 2.32. The monoisotopic (exact) mass is 297 g/mol. The van der Waals surface area contributed by atoms with Gasteiger partial charge in [0, 0.05) is 40.0 Å². The van der Waals surface area contributed by atoms with Crippen LogP contribution in [-0.4, -0.2) is 63.5 Å². The number of rotatable bonds is 11. The van der Waals surface area contributed by atoms with E-state index < -0.39 is 0 Å². The van der Waals surface area contributed by atoms with Crippen LogP contribution in [0.2, 0.25) is 0 Å². The highest BCUT2D eigenvalue weighted by Gasteiger charge is 2.40. The molecule has 1 fully saturated rings.